The van der Waals surface area contributed by atoms with Crippen LogP contribution in [-0.2, 0) is 11.3 Å². The summed E-state index contributed by atoms with van der Waals surface area (Å²) in [7, 11) is 3.99. The number of pyridine rings is 1. The number of hydrogen-bond donors (Lipinski definition) is 0. The maximum Gasteiger partial charge on any atom is 0.246 e. The van der Waals surface area contributed by atoms with Crippen molar-refractivity contribution in [2.75, 3.05) is 27.2 Å². The van der Waals surface area contributed by atoms with E-state index in [-0.39, 0.29) is 5.91 Å². The van der Waals surface area contributed by atoms with E-state index in [0.29, 0.717) is 18.7 Å². The van der Waals surface area contributed by atoms with Gasteiger partial charge in [-0.3, -0.25) is 14.6 Å². The molecule has 31 heavy (non-hydrogen) atoms. The molecule has 0 bridgehead atoms. The lowest BCUT2D eigenvalue weighted by atomic mass is 10.1. The Bertz CT molecular complexity index is 1010. The molecule has 2 aromatic carbocycles. The summed E-state index contributed by atoms with van der Waals surface area (Å²) < 4.78 is 0. The summed E-state index contributed by atoms with van der Waals surface area (Å²) in [6, 6.07) is 21.1. The van der Waals surface area contributed by atoms with Crippen LogP contribution in [0.5, 0.6) is 0 Å². The molecule has 1 heterocycles. The summed E-state index contributed by atoms with van der Waals surface area (Å²) in [6.07, 6.45) is 6.10. The summed E-state index contributed by atoms with van der Waals surface area (Å²) in [5.41, 5.74) is 4.38. The second-order valence-electron chi connectivity index (χ2n) is 7.60. The van der Waals surface area contributed by atoms with Crippen LogP contribution in [0.4, 0.5) is 0 Å². The fourth-order valence-corrected chi connectivity index (χ4v) is 3.07. The van der Waals surface area contributed by atoms with Gasteiger partial charge < -0.3 is 9.80 Å². The highest BCUT2D eigenvalue weighted by atomic mass is 16.2. The maximum absolute atomic E-state index is 12.9. The van der Waals surface area contributed by atoms with E-state index in [1.165, 1.54) is 0 Å². The molecule has 3 aromatic rings. The number of likely N-dealkylation sites (N-methyl/N-ethyl adjacent to an activating group) is 1. The van der Waals surface area contributed by atoms with Gasteiger partial charge in [-0.05, 0) is 37.4 Å². The van der Waals surface area contributed by atoms with Gasteiger partial charge in [0.2, 0.25) is 5.91 Å². The minimum Gasteiger partial charge on any atom is -0.333 e. The van der Waals surface area contributed by atoms with Gasteiger partial charge in [0.25, 0.3) is 0 Å². The van der Waals surface area contributed by atoms with Gasteiger partial charge in [-0.15, -0.1) is 0 Å². The van der Waals surface area contributed by atoms with Crippen LogP contribution in [0, 0.1) is 0 Å². The molecule has 0 N–H and O–H groups in total. The van der Waals surface area contributed by atoms with Crippen molar-refractivity contribution in [1.29, 1.82) is 0 Å². The fraction of sp³-hybridized carbons (Fsp3) is 0.192. The van der Waals surface area contributed by atoms with Gasteiger partial charge in [0.1, 0.15) is 6.29 Å². The first-order valence-electron chi connectivity index (χ1n) is 10.2. The third-order valence-corrected chi connectivity index (χ3v) is 4.89. The third-order valence-electron chi connectivity index (χ3n) is 4.89. The number of amides is 1. The van der Waals surface area contributed by atoms with E-state index >= 15 is 0 Å². The second-order valence-corrected chi connectivity index (χ2v) is 7.60. The van der Waals surface area contributed by atoms with Crippen molar-refractivity contribution < 1.29 is 9.59 Å². The molecule has 0 aliphatic rings. The zero-order valence-corrected chi connectivity index (χ0v) is 17.9. The molecule has 0 aliphatic heterocycles. The predicted molar refractivity (Wildman–Crippen MR) is 125 cm³/mol. The Balaban J connectivity index is 1.71. The summed E-state index contributed by atoms with van der Waals surface area (Å²) >= 11 is 0. The average molecular weight is 414 g/mol. The molecule has 158 valence electrons. The van der Waals surface area contributed by atoms with Crippen LogP contribution in [0.1, 0.15) is 21.5 Å². The standard InChI is InChI=1S/C26H27N3O2/c1-28(2)16-17-29(26(31)15-11-21-6-4-3-5-7-21)19-23-10-14-25(27-18-23)24-12-8-22(20-30)9-13-24/h3-15,18,20H,16-17,19H2,1-2H3/b15-11+. The minimum atomic E-state index is -0.0285. The molecule has 0 saturated carbocycles. The van der Waals surface area contributed by atoms with E-state index in [2.05, 4.69) is 9.88 Å². The molecule has 0 fully saturated rings. The first-order chi connectivity index (χ1) is 15.0. The van der Waals surface area contributed by atoms with E-state index in [1.54, 1.807) is 24.4 Å². The molecule has 3 rings (SSSR count). The molecular weight excluding hydrogens is 386 g/mol. The zero-order valence-electron chi connectivity index (χ0n) is 17.9. The van der Waals surface area contributed by atoms with Crippen molar-refractivity contribution in [3.05, 3.63) is 95.7 Å². The molecule has 0 aliphatic carbocycles. The van der Waals surface area contributed by atoms with E-state index in [1.807, 2.05) is 79.7 Å². The Labute approximate surface area is 183 Å². The molecule has 5 nitrogen and oxygen atoms in total. The quantitative estimate of drug-likeness (QED) is 0.390. The van der Waals surface area contributed by atoms with Gasteiger partial charge in [-0.2, -0.15) is 0 Å². The Morgan fingerprint density at radius 1 is 0.903 bits per heavy atom. The smallest absolute Gasteiger partial charge is 0.246 e. The van der Waals surface area contributed by atoms with E-state index in [0.717, 1.165) is 35.2 Å². The number of hydrogen-bond acceptors (Lipinski definition) is 4. The number of aromatic nitrogens is 1. The number of carbonyl (C=O) groups is 2. The number of rotatable bonds is 9. The van der Waals surface area contributed by atoms with Crippen molar-refractivity contribution in [1.82, 2.24) is 14.8 Å². The highest BCUT2D eigenvalue weighted by Gasteiger charge is 2.12. The fourth-order valence-electron chi connectivity index (χ4n) is 3.07. The molecule has 0 radical (unpaired) electrons. The van der Waals surface area contributed by atoms with Crippen molar-refractivity contribution in [3.63, 3.8) is 0 Å². The van der Waals surface area contributed by atoms with Crippen LogP contribution in [0.15, 0.2) is 79.0 Å². The normalized spacial score (nSPS) is 11.1. The molecule has 0 saturated heterocycles. The van der Waals surface area contributed by atoms with E-state index in [9.17, 15) is 9.59 Å². The number of benzene rings is 2. The van der Waals surface area contributed by atoms with Crippen molar-refractivity contribution in [3.8, 4) is 11.3 Å². The van der Waals surface area contributed by atoms with E-state index in [4.69, 9.17) is 0 Å². The summed E-state index contributed by atoms with van der Waals surface area (Å²) in [5.74, 6) is -0.0285. The number of carbonyl (C=O) groups excluding carboxylic acids is 2. The van der Waals surface area contributed by atoms with Crippen molar-refractivity contribution in [2.24, 2.45) is 0 Å². The highest BCUT2D eigenvalue weighted by molar-refractivity contribution is 5.91. The molecule has 5 heteroatoms. The number of nitrogens with zero attached hydrogens (tertiary/aromatic N) is 3. The molecular formula is C26H27N3O2. The predicted octanol–water partition coefficient (Wildman–Crippen LogP) is 4.16. The van der Waals surface area contributed by atoms with Crippen LogP contribution >= 0.6 is 0 Å². The average Bonchev–Trinajstić information content (AvgIpc) is 2.81. The topological polar surface area (TPSA) is 53.5 Å². The number of aldehydes is 1. The van der Waals surface area contributed by atoms with Crippen LogP contribution < -0.4 is 0 Å². The molecule has 0 atom stereocenters. The van der Waals surface area contributed by atoms with Crippen LogP contribution in [-0.4, -0.2) is 54.2 Å². The highest BCUT2D eigenvalue weighted by Crippen LogP contribution is 2.18. The second kappa shape index (κ2) is 11.0. The molecule has 1 amide bonds. The Kier molecular flexibility index (Phi) is 7.85. The summed E-state index contributed by atoms with van der Waals surface area (Å²) in [6.45, 7) is 1.89. The maximum atomic E-state index is 12.9. The molecule has 0 spiro atoms. The van der Waals surface area contributed by atoms with Crippen LogP contribution in [0.25, 0.3) is 17.3 Å². The first kappa shape index (κ1) is 22.1. The summed E-state index contributed by atoms with van der Waals surface area (Å²) in [4.78, 5) is 32.1. The van der Waals surface area contributed by atoms with Crippen LogP contribution in [0.3, 0.4) is 0 Å². The Morgan fingerprint density at radius 2 is 1.65 bits per heavy atom. The third kappa shape index (κ3) is 6.73. The molecule has 1 aromatic heterocycles. The zero-order chi connectivity index (χ0) is 22.1. The van der Waals surface area contributed by atoms with Crippen LogP contribution in [0.2, 0.25) is 0 Å². The SMILES string of the molecule is CN(C)CCN(Cc1ccc(-c2ccc(C=O)cc2)nc1)C(=O)/C=C/c1ccccc1. The molecule has 0 unspecified atom stereocenters. The monoisotopic (exact) mass is 413 g/mol. The first-order valence-corrected chi connectivity index (χ1v) is 10.2. The van der Waals surface area contributed by atoms with Gasteiger partial charge in [0.15, 0.2) is 0 Å². The van der Waals surface area contributed by atoms with Gasteiger partial charge in [0.05, 0.1) is 5.69 Å². The van der Waals surface area contributed by atoms with Crippen molar-refractivity contribution in [2.45, 2.75) is 6.54 Å². The Morgan fingerprint density at radius 3 is 2.26 bits per heavy atom. The van der Waals surface area contributed by atoms with Crippen molar-refractivity contribution >= 4 is 18.3 Å². The van der Waals surface area contributed by atoms with Gasteiger partial charge in [0, 0.05) is 43.0 Å². The largest absolute Gasteiger partial charge is 0.333 e. The lowest BCUT2D eigenvalue weighted by Gasteiger charge is -2.23. The van der Waals surface area contributed by atoms with Gasteiger partial charge in [-0.25, -0.2) is 0 Å². The lowest BCUT2D eigenvalue weighted by Crippen LogP contribution is -2.35. The van der Waals surface area contributed by atoms with E-state index < -0.39 is 0 Å². The Hall–Kier alpha value is -3.57. The van der Waals surface area contributed by atoms with Gasteiger partial charge in [-0.1, -0.05) is 60.7 Å². The summed E-state index contributed by atoms with van der Waals surface area (Å²) in [5, 5.41) is 0. The minimum absolute atomic E-state index is 0.0285. The lowest BCUT2D eigenvalue weighted by molar-refractivity contribution is -0.126. The van der Waals surface area contributed by atoms with Gasteiger partial charge >= 0.3 is 0 Å².